The van der Waals surface area contributed by atoms with Gasteiger partial charge in [0, 0.05) is 26.1 Å². The van der Waals surface area contributed by atoms with E-state index in [0.717, 1.165) is 57.8 Å². The summed E-state index contributed by atoms with van der Waals surface area (Å²) < 4.78 is 18.3. The molecule has 1 atom stereocenters. The van der Waals surface area contributed by atoms with Crippen LogP contribution in [0.4, 0.5) is 4.39 Å². The van der Waals surface area contributed by atoms with E-state index in [9.17, 15) is 9.18 Å². The Labute approximate surface area is 130 Å². The van der Waals surface area contributed by atoms with E-state index < -0.39 is 0 Å². The van der Waals surface area contributed by atoms with Crippen molar-refractivity contribution in [3.63, 3.8) is 0 Å². The third-order valence-corrected chi connectivity index (χ3v) is 4.56. The first kappa shape index (κ1) is 15.4. The molecule has 0 spiro atoms. The van der Waals surface area contributed by atoms with Gasteiger partial charge >= 0.3 is 0 Å². The maximum Gasteiger partial charge on any atom is 0.223 e. The predicted molar refractivity (Wildman–Crippen MR) is 82.0 cm³/mol. The van der Waals surface area contributed by atoms with E-state index >= 15 is 0 Å². The number of carbonyl (C=O) groups is 1. The van der Waals surface area contributed by atoms with Gasteiger partial charge in [-0.1, -0.05) is 12.1 Å². The third kappa shape index (κ3) is 3.65. The van der Waals surface area contributed by atoms with Crippen molar-refractivity contribution in [2.75, 3.05) is 39.4 Å². The Morgan fingerprint density at radius 2 is 1.91 bits per heavy atom. The molecule has 1 amide bonds. The summed E-state index contributed by atoms with van der Waals surface area (Å²) in [6.07, 6.45) is 2.46. The van der Waals surface area contributed by atoms with Crippen LogP contribution in [0.3, 0.4) is 0 Å². The SMILES string of the molecule is O=C(CCCN1CCOCC1)N1CC[C@@H]1c1ccc(F)cc1. The molecule has 120 valence electrons. The number of ether oxygens (including phenoxy) is 1. The smallest absolute Gasteiger partial charge is 0.223 e. The maximum absolute atomic E-state index is 13.0. The van der Waals surface area contributed by atoms with Crippen molar-refractivity contribution in [1.29, 1.82) is 0 Å². The number of nitrogens with zero attached hydrogens (tertiary/aromatic N) is 2. The van der Waals surface area contributed by atoms with Crippen molar-refractivity contribution in [2.24, 2.45) is 0 Å². The third-order valence-electron chi connectivity index (χ3n) is 4.56. The quantitative estimate of drug-likeness (QED) is 0.836. The van der Waals surface area contributed by atoms with E-state index in [2.05, 4.69) is 4.90 Å². The molecule has 2 aliphatic heterocycles. The molecule has 2 fully saturated rings. The average molecular weight is 306 g/mol. The van der Waals surface area contributed by atoms with Crippen LogP contribution in [-0.4, -0.2) is 55.1 Å². The topological polar surface area (TPSA) is 32.8 Å². The first-order chi connectivity index (χ1) is 10.7. The highest BCUT2D eigenvalue weighted by molar-refractivity contribution is 5.77. The molecule has 0 bridgehead atoms. The second-order valence-electron chi connectivity index (χ2n) is 6.00. The maximum atomic E-state index is 13.0. The lowest BCUT2D eigenvalue weighted by Gasteiger charge is -2.41. The Morgan fingerprint density at radius 1 is 1.18 bits per heavy atom. The molecule has 0 N–H and O–H groups in total. The van der Waals surface area contributed by atoms with E-state index in [-0.39, 0.29) is 17.8 Å². The van der Waals surface area contributed by atoms with E-state index in [1.807, 2.05) is 4.90 Å². The number of carbonyl (C=O) groups excluding carboxylic acids is 1. The molecular weight excluding hydrogens is 283 g/mol. The zero-order valence-corrected chi connectivity index (χ0v) is 12.8. The molecule has 3 rings (SSSR count). The van der Waals surface area contributed by atoms with Crippen LogP contribution in [-0.2, 0) is 9.53 Å². The molecule has 22 heavy (non-hydrogen) atoms. The van der Waals surface area contributed by atoms with Gasteiger partial charge in [0.2, 0.25) is 5.91 Å². The number of hydrogen-bond donors (Lipinski definition) is 0. The molecular formula is C17H23FN2O2. The fraction of sp³-hybridized carbons (Fsp3) is 0.588. The summed E-state index contributed by atoms with van der Waals surface area (Å²) in [5.41, 5.74) is 1.04. The minimum Gasteiger partial charge on any atom is -0.379 e. The predicted octanol–water partition coefficient (Wildman–Crippen LogP) is 2.21. The van der Waals surface area contributed by atoms with Crippen LogP contribution in [0.15, 0.2) is 24.3 Å². The molecule has 5 heteroatoms. The first-order valence-corrected chi connectivity index (χ1v) is 8.09. The molecule has 2 saturated heterocycles. The lowest BCUT2D eigenvalue weighted by Crippen LogP contribution is -2.45. The van der Waals surface area contributed by atoms with Gasteiger partial charge in [0.25, 0.3) is 0 Å². The average Bonchev–Trinajstić information content (AvgIpc) is 2.49. The molecule has 0 aliphatic carbocycles. The summed E-state index contributed by atoms with van der Waals surface area (Å²) in [5.74, 6) is -0.0136. The number of hydrogen-bond acceptors (Lipinski definition) is 3. The van der Waals surface area contributed by atoms with Crippen molar-refractivity contribution < 1.29 is 13.9 Å². The molecule has 2 aliphatic rings. The van der Waals surface area contributed by atoms with Crippen LogP contribution >= 0.6 is 0 Å². The van der Waals surface area contributed by atoms with Gasteiger partial charge in [0.05, 0.1) is 19.3 Å². The second kappa shape index (κ2) is 7.20. The number of morpholine rings is 1. The number of likely N-dealkylation sites (tertiary alicyclic amines) is 1. The normalized spacial score (nSPS) is 22.4. The van der Waals surface area contributed by atoms with Gasteiger partial charge in [0.15, 0.2) is 0 Å². The number of amides is 1. The summed E-state index contributed by atoms with van der Waals surface area (Å²) in [6.45, 7) is 5.31. The summed E-state index contributed by atoms with van der Waals surface area (Å²) in [6, 6.07) is 6.64. The number of rotatable bonds is 5. The Kier molecular flexibility index (Phi) is 5.05. The van der Waals surface area contributed by atoms with Gasteiger partial charge in [0.1, 0.15) is 5.82 Å². The van der Waals surface area contributed by atoms with Gasteiger partial charge in [-0.15, -0.1) is 0 Å². The summed E-state index contributed by atoms with van der Waals surface area (Å²) in [7, 11) is 0. The minimum atomic E-state index is -0.230. The van der Waals surface area contributed by atoms with Crippen LogP contribution in [0.25, 0.3) is 0 Å². The summed E-state index contributed by atoms with van der Waals surface area (Å²) in [5, 5.41) is 0. The molecule has 4 nitrogen and oxygen atoms in total. The highest BCUT2D eigenvalue weighted by Gasteiger charge is 2.32. The zero-order chi connectivity index (χ0) is 15.4. The number of halogens is 1. The molecule has 0 unspecified atom stereocenters. The van der Waals surface area contributed by atoms with Crippen molar-refractivity contribution in [3.05, 3.63) is 35.6 Å². The Morgan fingerprint density at radius 3 is 2.55 bits per heavy atom. The van der Waals surface area contributed by atoms with Gasteiger partial charge in [-0.25, -0.2) is 4.39 Å². The highest BCUT2D eigenvalue weighted by Crippen LogP contribution is 2.33. The van der Waals surface area contributed by atoms with Crippen LogP contribution < -0.4 is 0 Å². The van der Waals surface area contributed by atoms with Crippen molar-refractivity contribution in [2.45, 2.75) is 25.3 Å². The Hall–Kier alpha value is -1.46. The highest BCUT2D eigenvalue weighted by atomic mass is 19.1. The molecule has 2 heterocycles. The zero-order valence-electron chi connectivity index (χ0n) is 12.8. The van der Waals surface area contributed by atoms with Gasteiger partial charge < -0.3 is 9.64 Å². The summed E-state index contributed by atoms with van der Waals surface area (Å²) >= 11 is 0. The molecule has 0 radical (unpaired) electrons. The van der Waals surface area contributed by atoms with Gasteiger partial charge in [-0.3, -0.25) is 9.69 Å². The van der Waals surface area contributed by atoms with Crippen LogP contribution in [0.2, 0.25) is 0 Å². The van der Waals surface area contributed by atoms with Crippen LogP contribution in [0.1, 0.15) is 30.9 Å². The van der Waals surface area contributed by atoms with Crippen molar-refractivity contribution in [3.8, 4) is 0 Å². The van der Waals surface area contributed by atoms with Crippen molar-refractivity contribution in [1.82, 2.24) is 9.80 Å². The fourth-order valence-corrected chi connectivity index (χ4v) is 3.14. The Bertz CT molecular complexity index is 500. The summed E-state index contributed by atoms with van der Waals surface area (Å²) in [4.78, 5) is 16.6. The molecule has 0 saturated carbocycles. The lowest BCUT2D eigenvalue weighted by molar-refractivity contribution is -0.139. The fourth-order valence-electron chi connectivity index (χ4n) is 3.14. The van der Waals surface area contributed by atoms with Crippen molar-refractivity contribution >= 4 is 5.91 Å². The van der Waals surface area contributed by atoms with E-state index in [0.29, 0.717) is 6.42 Å². The monoisotopic (exact) mass is 306 g/mol. The largest absolute Gasteiger partial charge is 0.379 e. The van der Waals surface area contributed by atoms with E-state index in [1.54, 1.807) is 12.1 Å². The number of benzene rings is 1. The van der Waals surface area contributed by atoms with Crippen LogP contribution in [0, 0.1) is 5.82 Å². The molecule has 1 aromatic rings. The lowest BCUT2D eigenvalue weighted by atomic mass is 9.94. The first-order valence-electron chi connectivity index (χ1n) is 8.09. The van der Waals surface area contributed by atoms with E-state index in [1.165, 1.54) is 12.1 Å². The van der Waals surface area contributed by atoms with E-state index in [4.69, 9.17) is 4.74 Å². The molecule has 1 aromatic carbocycles. The second-order valence-corrected chi connectivity index (χ2v) is 6.00. The van der Waals surface area contributed by atoms with Gasteiger partial charge in [-0.2, -0.15) is 0 Å². The molecule has 0 aromatic heterocycles. The Balaban J connectivity index is 1.44. The van der Waals surface area contributed by atoms with Gasteiger partial charge in [-0.05, 0) is 37.1 Å². The van der Waals surface area contributed by atoms with Crippen LogP contribution in [0.5, 0.6) is 0 Å². The standard InChI is InChI=1S/C17H23FN2O2/c18-15-5-3-14(4-6-15)16-7-9-20(16)17(21)2-1-8-19-10-12-22-13-11-19/h3-6,16H,1-2,7-13H2/t16-/m1/s1. The minimum absolute atomic E-state index is 0.136.